The van der Waals surface area contributed by atoms with Crippen LogP contribution in [0.3, 0.4) is 0 Å². The van der Waals surface area contributed by atoms with Gasteiger partial charge in [0.15, 0.2) is 0 Å². The van der Waals surface area contributed by atoms with Gasteiger partial charge in [0, 0.05) is 10.7 Å². The topological polar surface area (TPSA) is 34.1 Å². The van der Waals surface area contributed by atoms with Crippen LogP contribution in [0.25, 0.3) is 0 Å². The number of hydrogen-bond donors (Lipinski definition) is 0. The van der Waals surface area contributed by atoms with Crippen molar-refractivity contribution in [3.63, 3.8) is 0 Å². The summed E-state index contributed by atoms with van der Waals surface area (Å²) in [6.45, 7) is 4.33. The van der Waals surface area contributed by atoms with Crippen LogP contribution in [0.15, 0.2) is 0 Å². The van der Waals surface area contributed by atoms with E-state index in [0.717, 1.165) is 12.8 Å². The maximum atomic E-state index is 10.5. The zero-order valence-electron chi connectivity index (χ0n) is 7.72. The first-order valence-corrected chi connectivity index (χ1v) is 6.82. The third-order valence-electron chi connectivity index (χ3n) is 1.67. The molecule has 0 aromatic rings. The van der Waals surface area contributed by atoms with E-state index in [4.69, 9.17) is 10.7 Å². The second kappa shape index (κ2) is 5.81. The Balaban J connectivity index is 3.23. The standard InChI is InChI=1S/C8H17ClO2S/c1-8(2)6-4-3-5-7-12(9,10)11/h8H,3-7H2,1-2H3. The minimum Gasteiger partial charge on any atom is -0.212 e. The van der Waals surface area contributed by atoms with Crippen molar-refractivity contribution in [2.75, 3.05) is 5.75 Å². The lowest BCUT2D eigenvalue weighted by molar-refractivity contribution is 0.533. The average molecular weight is 213 g/mol. The maximum Gasteiger partial charge on any atom is 0.232 e. The lowest BCUT2D eigenvalue weighted by Gasteiger charge is -2.02. The molecule has 0 atom stereocenters. The highest BCUT2D eigenvalue weighted by Crippen LogP contribution is 2.09. The summed E-state index contributed by atoms with van der Waals surface area (Å²) in [7, 11) is 1.79. The van der Waals surface area contributed by atoms with Crippen LogP contribution in [-0.2, 0) is 9.05 Å². The molecule has 0 aromatic carbocycles. The normalized spacial score (nSPS) is 12.3. The van der Waals surface area contributed by atoms with Crippen LogP contribution in [0.4, 0.5) is 0 Å². The van der Waals surface area contributed by atoms with E-state index in [-0.39, 0.29) is 5.75 Å². The Kier molecular flexibility index (Phi) is 5.93. The molecule has 0 rings (SSSR count). The summed E-state index contributed by atoms with van der Waals surface area (Å²) in [5.74, 6) is 0.824. The second-order valence-corrected chi connectivity index (χ2v) is 6.38. The van der Waals surface area contributed by atoms with E-state index in [0.29, 0.717) is 12.3 Å². The Morgan fingerprint density at radius 2 is 1.75 bits per heavy atom. The molecule has 0 aliphatic carbocycles. The van der Waals surface area contributed by atoms with Crippen molar-refractivity contribution < 1.29 is 8.42 Å². The molecule has 0 aliphatic rings. The quantitative estimate of drug-likeness (QED) is 0.501. The average Bonchev–Trinajstić information content (AvgIpc) is 1.83. The van der Waals surface area contributed by atoms with Gasteiger partial charge in [0.25, 0.3) is 0 Å². The first-order chi connectivity index (χ1) is 5.42. The van der Waals surface area contributed by atoms with Gasteiger partial charge >= 0.3 is 0 Å². The van der Waals surface area contributed by atoms with E-state index in [1.807, 2.05) is 0 Å². The monoisotopic (exact) mass is 212 g/mol. The second-order valence-electron chi connectivity index (χ2n) is 3.49. The van der Waals surface area contributed by atoms with Crippen molar-refractivity contribution in [3.8, 4) is 0 Å². The van der Waals surface area contributed by atoms with Crippen LogP contribution >= 0.6 is 10.7 Å². The third kappa shape index (κ3) is 10.2. The van der Waals surface area contributed by atoms with Crippen LogP contribution in [0, 0.1) is 5.92 Å². The zero-order valence-corrected chi connectivity index (χ0v) is 9.29. The molecule has 0 amide bonds. The van der Waals surface area contributed by atoms with E-state index >= 15 is 0 Å². The van der Waals surface area contributed by atoms with Gasteiger partial charge in [-0.2, -0.15) is 0 Å². The van der Waals surface area contributed by atoms with E-state index < -0.39 is 9.05 Å². The highest BCUT2D eigenvalue weighted by molar-refractivity contribution is 8.13. The van der Waals surface area contributed by atoms with Crippen molar-refractivity contribution in [3.05, 3.63) is 0 Å². The summed E-state index contributed by atoms with van der Waals surface area (Å²) in [4.78, 5) is 0. The lowest BCUT2D eigenvalue weighted by atomic mass is 10.1. The molecular weight excluding hydrogens is 196 g/mol. The lowest BCUT2D eigenvalue weighted by Crippen LogP contribution is -1.97. The SMILES string of the molecule is CC(C)CCCCCS(=O)(=O)Cl. The minimum atomic E-state index is -3.25. The molecule has 0 saturated carbocycles. The molecular formula is C8H17ClO2S. The van der Waals surface area contributed by atoms with Crippen LogP contribution in [0.5, 0.6) is 0 Å². The molecule has 4 heteroatoms. The fourth-order valence-corrected chi connectivity index (χ4v) is 1.88. The molecule has 2 nitrogen and oxygen atoms in total. The minimum absolute atomic E-state index is 0.118. The summed E-state index contributed by atoms with van der Waals surface area (Å²) in [6, 6.07) is 0. The molecule has 0 bridgehead atoms. The number of unbranched alkanes of at least 4 members (excludes halogenated alkanes) is 2. The summed E-state index contributed by atoms with van der Waals surface area (Å²) in [5.41, 5.74) is 0. The Bertz CT molecular complexity index is 197. The predicted octanol–water partition coefficient (Wildman–Crippen LogP) is 2.77. The van der Waals surface area contributed by atoms with Gasteiger partial charge in [0.05, 0.1) is 5.75 Å². The fourth-order valence-electron chi connectivity index (χ4n) is 1.00. The van der Waals surface area contributed by atoms with Crippen molar-refractivity contribution in [1.82, 2.24) is 0 Å². The first kappa shape index (κ1) is 12.2. The fraction of sp³-hybridized carbons (Fsp3) is 1.00. The van der Waals surface area contributed by atoms with E-state index in [9.17, 15) is 8.42 Å². The van der Waals surface area contributed by atoms with Gasteiger partial charge in [-0.05, 0) is 12.3 Å². The van der Waals surface area contributed by atoms with Crippen molar-refractivity contribution in [1.29, 1.82) is 0 Å². The third-order valence-corrected chi connectivity index (χ3v) is 2.91. The van der Waals surface area contributed by atoms with Crippen LogP contribution < -0.4 is 0 Å². The van der Waals surface area contributed by atoms with Crippen molar-refractivity contribution >= 4 is 19.7 Å². The first-order valence-electron chi connectivity index (χ1n) is 4.34. The summed E-state index contributed by atoms with van der Waals surface area (Å²) >= 11 is 0. The van der Waals surface area contributed by atoms with Gasteiger partial charge in [0.2, 0.25) is 9.05 Å². The summed E-state index contributed by atoms with van der Waals surface area (Å²) in [6.07, 6.45) is 3.93. The molecule has 74 valence electrons. The summed E-state index contributed by atoms with van der Waals surface area (Å²) in [5, 5.41) is 0. The molecule has 0 radical (unpaired) electrons. The molecule has 0 aromatic heterocycles. The predicted molar refractivity (Wildman–Crippen MR) is 52.9 cm³/mol. The van der Waals surface area contributed by atoms with Crippen LogP contribution in [0.1, 0.15) is 39.5 Å². The van der Waals surface area contributed by atoms with Gasteiger partial charge in [-0.25, -0.2) is 8.42 Å². The molecule has 0 spiro atoms. The maximum absolute atomic E-state index is 10.5. The molecule has 0 aliphatic heterocycles. The van der Waals surface area contributed by atoms with E-state index in [1.165, 1.54) is 6.42 Å². The van der Waals surface area contributed by atoms with Crippen LogP contribution in [-0.4, -0.2) is 14.2 Å². The van der Waals surface area contributed by atoms with Crippen LogP contribution in [0.2, 0.25) is 0 Å². The summed E-state index contributed by atoms with van der Waals surface area (Å²) < 4.78 is 21.0. The molecule has 0 unspecified atom stereocenters. The number of hydrogen-bond acceptors (Lipinski definition) is 2. The van der Waals surface area contributed by atoms with Gasteiger partial charge in [-0.1, -0.05) is 33.1 Å². The molecule has 12 heavy (non-hydrogen) atoms. The van der Waals surface area contributed by atoms with Gasteiger partial charge in [-0.3, -0.25) is 0 Å². The largest absolute Gasteiger partial charge is 0.232 e. The molecule has 0 fully saturated rings. The zero-order chi connectivity index (χ0) is 9.61. The smallest absolute Gasteiger partial charge is 0.212 e. The Hall–Kier alpha value is 0.240. The van der Waals surface area contributed by atoms with Gasteiger partial charge in [0.1, 0.15) is 0 Å². The Labute approximate surface area is 79.7 Å². The number of halogens is 1. The molecule has 0 N–H and O–H groups in total. The van der Waals surface area contributed by atoms with E-state index in [2.05, 4.69) is 13.8 Å². The van der Waals surface area contributed by atoms with E-state index in [1.54, 1.807) is 0 Å². The Morgan fingerprint density at radius 3 is 2.17 bits per heavy atom. The molecule has 0 heterocycles. The highest BCUT2D eigenvalue weighted by atomic mass is 35.7. The highest BCUT2D eigenvalue weighted by Gasteiger charge is 2.03. The number of rotatable bonds is 6. The molecule has 0 saturated heterocycles. The van der Waals surface area contributed by atoms with Crippen molar-refractivity contribution in [2.45, 2.75) is 39.5 Å². The van der Waals surface area contributed by atoms with Crippen molar-refractivity contribution in [2.24, 2.45) is 5.92 Å². The van der Waals surface area contributed by atoms with Gasteiger partial charge in [-0.15, -0.1) is 0 Å². The van der Waals surface area contributed by atoms with Gasteiger partial charge < -0.3 is 0 Å². The Morgan fingerprint density at radius 1 is 1.17 bits per heavy atom.